The number of benzene rings is 1. The van der Waals surface area contributed by atoms with Crippen molar-refractivity contribution in [3.05, 3.63) is 64.1 Å². The summed E-state index contributed by atoms with van der Waals surface area (Å²) in [5, 5.41) is 5.93. The Hall–Kier alpha value is -2.40. The van der Waals surface area contributed by atoms with E-state index in [0.717, 1.165) is 18.7 Å². The first kappa shape index (κ1) is 14.0. The molecule has 2 rings (SSSR count). The van der Waals surface area contributed by atoms with Crippen LogP contribution in [0, 0.1) is 0 Å². The molecule has 1 heterocycles. The van der Waals surface area contributed by atoms with Crippen LogP contribution >= 0.6 is 0 Å². The highest BCUT2D eigenvalue weighted by Gasteiger charge is 2.09. The van der Waals surface area contributed by atoms with Crippen molar-refractivity contribution < 1.29 is 4.79 Å². The van der Waals surface area contributed by atoms with Gasteiger partial charge in [-0.1, -0.05) is 19.1 Å². The highest BCUT2D eigenvalue weighted by Crippen LogP contribution is 2.10. The lowest BCUT2D eigenvalue weighted by Crippen LogP contribution is -2.20. The molecule has 0 spiro atoms. The molecular weight excluding hydrogens is 254 g/mol. The molecule has 1 amide bonds. The number of carbonyl (C=O) groups excluding carboxylic acids is 1. The van der Waals surface area contributed by atoms with E-state index in [-0.39, 0.29) is 11.0 Å². The first-order valence-corrected chi connectivity index (χ1v) is 6.49. The molecule has 0 unspecified atom stereocenters. The fraction of sp³-hybridized carbons (Fsp3) is 0.200. The van der Waals surface area contributed by atoms with Gasteiger partial charge in [-0.2, -0.15) is 0 Å². The largest absolute Gasteiger partial charge is 0.367 e. The van der Waals surface area contributed by atoms with Gasteiger partial charge in [-0.15, -0.1) is 0 Å². The normalized spacial score (nSPS) is 10.2. The minimum atomic E-state index is -0.411. The number of pyridine rings is 1. The molecule has 0 saturated heterocycles. The van der Waals surface area contributed by atoms with E-state index in [4.69, 9.17) is 0 Å². The first-order chi connectivity index (χ1) is 9.70. The number of H-pyrrole nitrogens is 1. The van der Waals surface area contributed by atoms with Crippen molar-refractivity contribution in [1.29, 1.82) is 0 Å². The van der Waals surface area contributed by atoms with E-state index in [1.165, 1.54) is 18.5 Å². The van der Waals surface area contributed by atoms with Crippen molar-refractivity contribution in [3.8, 4) is 0 Å². The highest BCUT2D eigenvalue weighted by atomic mass is 16.2. The number of carbonyl (C=O) groups is 1. The van der Waals surface area contributed by atoms with E-state index < -0.39 is 5.91 Å². The molecule has 5 nitrogen and oxygen atoms in total. The zero-order valence-corrected chi connectivity index (χ0v) is 11.3. The Bertz CT molecular complexity index is 632. The molecule has 1 aromatic heterocycles. The van der Waals surface area contributed by atoms with E-state index in [9.17, 15) is 9.59 Å². The van der Waals surface area contributed by atoms with Crippen LogP contribution in [0.15, 0.2) is 47.5 Å². The zero-order valence-electron chi connectivity index (χ0n) is 11.3. The lowest BCUT2D eigenvalue weighted by atomic mass is 10.2. The summed E-state index contributed by atoms with van der Waals surface area (Å²) < 4.78 is 0. The predicted molar refractivity (Wildman–Crippen MR) is 78.8 cm³/mol. The topological polar surface area (TPSA) is 74.0 Å². The summed E-state index contributed by atoms with van der Waals surface area (Å²) >= 11 is 0. The molecule has 2 aromatic rings. The number of aromatic nitrogens is 1. The maximum absolute atomic E-state index is 11.9. The minimum absolute atomic E-state index is 0.101. The third-order valence-electron chi connectivity index (χ3n) is 2.86. The van der Waals surface area contributed by atoms with Gasteiger partial charge in [0.2, 0.25) is 0 Å². The van der Waals surface area contributed by atoms with Crippen molar-refractivity contribution in [2.75, 3.05) is 11.9 Å². The van der Waals surface area contributed by atoms with Crippen LogP contribution in [0.25, 0.3) is 0 Å². The molecular formula is C15H17N3O2. The Balaban J connectivity index is 2.05. The zero-order chi connectivity index (χ0) is 14.4. The second-order valence-corrected chi connectivity index (χ2v) is 4.35. The van der Waals surface area contributed by atoms with E-state index in [1.54, 1.807) is 0 Å². The first-order valence-electron chi connectivity index (χ1n) is 6.49. The van der Waals surface area contributed by atoms with Crippen molar-refractivity contribution in [3.63, 3.8) is 0 Å². The Kier molecular flexibility index (Phi) is 4.68. The number of hydrogen-bond donors (Lipinski definition) is 3. The lowest BCUT2D eigenvalue weighted by molar-refractivity contribution is 0.102. The van der Waals surface area contributed by atoms with E-state index in [2.05, 4.69) is 15.6 Å². The molecule has 0 bridgehead atoms. The summed E-state index contributed by atoms with van der Waals surface area (Å²) in [6.45, 7) is 3.75. The Labute approximate surface area is 117 Å². The van der Waals surface area contributed by atoms with Gasteiger partial charge in [-0.05, 0) is 24.2 Å². The monoisotopic (exact) mass is 271 g/mol. The van der Waals surface area contributed by atoms with Gasteiger partial charge in [-0.3, -0.25) is 9.59 Å². The van der Waals surface area contributed by atoms with Crippen LogP contribution in [-0.4, -0.2) is 17.4 Å². The number of aromatic amines is 1. The van der Waals surface area contributed by atoms with Crippen LogP contribution < -0.4 is 16.1 Å². The van der Waals surface area contributed by atoms with Gasteiger partial charge < -0.3 is 15.6 Å². The molecule has 20 heavy (non-hydrogen) atoms. The maximum atomic E-state index is 11.9. The van der Waals surface area contributed by atoms with Crippen molar-refractivity contribution >= 4 is 11.6 Å². The quantitative estimate of drug-likeness (QED) is 0.775. The van der Waals surface area contributed by atoms with Crippen molar-refractivity contribution in [2.45, 2.75) is 13.5 Å². The van der Waals surface area contributed by atoms with Crippen LogP contribution in [0.1, 0.15) is 22.8 Å². The van der Waals surface area contributed by atoms with Gasteiger partial charge in [0.25, 0.3) is 5.91 Å². The van der Waals surface area contributed by atoms with Crippen LogP contribution in [0.2, 0.25) is 0 Å². The van der Waals surface area contributed by atoms with Gasteiger partial charge in [0.05, 0.1) is 0 Å². The third kappa shape index (κ3) is 3.55. The smallest absolute Gasteiger partial charge is 0.261 e. The molecule has 0 aliphatic carbocycles. The number of hydrogen-bond acceptors (Lipinski definition) is 3. The summed E-state index contributed by atoms with van der Waals surface area (Å²) in [6, 6.07) is 8.85. The molecule has 0 atom stereocenters. The highest BCUT2D eigenvalue weighted by molar-refractivity contribution is 6.03. The molecule has 0 fully saturated rings. The van der Waals surface area contributed by atoms with E-state index in [0.29, 0.717) is 5.69 Å². The van der Waals surface area contributed by atoms with E-state index >= 15 is 0 Å². The Morgan fingerprint density at radius 1 is 1.20 bits per heavy atom. The van der Waals surface area contributed by atoms with Crippen molar-refractivity contribution in [1.82, 2.24) is 10.3 Å². The number of nitrogens with one attached hydrogen (secondary N) is 3. The lowest BCUT2D eigenvalue weighted by Gasteiger charge is -2.06. The van der Waals surface area contributed by atoms with Gasteiger partial charge in [-0.25, -0.2) is 0 Å². The Morgan fingerprint density at radius 2 is 1.95 bits per heavy atom. The standard InChI is InChI=1S/C15H17N3O2/c1-2-16-9-11-3-5-12(6-4-11)18-15(20)13-10-17-8-7-14(13)19/h3-8,10,16H,2,9H2,1H3,(H,17,19)(H,18,20). The number of amides is 1. The predicted octanol–water partition coefficient (Wildman–Crippen LogP) is 1.74. The fourth-order valence-electron chi connectivity index (χ4n) is 1.77. The van der Waals surface area contributed by atoms with Gasteiger partial charge in [0.1, 0.15) is 5.56 Å². The van der Waals surface area contributed by atoms with Crippen LogP contribution in [0.3, 0.4) is 0 Å². The molecule has 5 heteroatoms. The summed E-state index contributed by atoms with van der Waals surface area (Å²) in [4.78, 5) is 26.2. The van der Waals surface area contributed by atoms with Gasteiger partial charge >= 0.3 is 0 Å². The average Bonchev–Trinajstić information content (AvgIpc) is 2.47. The molecule has 0 saturated carbocycles. The molecule has 0 aliphatic heterocycles. The maximum Gasteiger partial charge on any atom is 0.261 e. The molecule has 3 N–H and O–H groups in total. The third-order valence-corrected chi connectivity index (χ3v) is 2.86. The van der Waals surface area contributed by atoms with Gasteiger partial charge in [0.15, 0.2) is 5.43 Å². The SMILES string of the molecule is CCNCc1ccc(NC(=O)c2c[nH]ccc2=O)cc1. The average molecular weight is 271 g/mol. The number of anilines is 1. The summed E-state index contributed by atoms with van der Waals surface area (Å²) in [5.41, 5.74) is 1.61. The summed E-state index contributed by atoms with van der Waals surface area (Å²) in [7, 11) is 0. The second-order valence-electron chi connectivity index (χ2n) is 4.35. The second kappa shape index (κ2) is 6.68. The molecule has 0 radical (unpaired) electrons. The van der Waals surface area contributed by atoms with Crippen LogP contribution in [0.4, 0.5) is 5.69 Å². The summed E-state index contributed by atoms with van der Waals surface area (Å²) in [5.74, 6) is -0.411. The van der Waals surface area contributed by atoms with Crippen molar-refractivity contribution in [2.24, 2.45) is 0 Å². The van der Waals surface area contributed by atoms with Gasteiger partial charge in [0, 0.05) is 30.7 Å². The van der Waals surface area contributed by atoms with E-state index in [1.807, 2.05) is 31.2 Å². The molecule has 1 aromatic carbocycles. The summed E-state index contributed by atoms with van der Waals surface area (Å²) in [6.07, 6.45) is 2.89. The van der Waals surface area contributed by atoms with Crippen LogP contribution in [-0.2, 0) is 6.54 Å². The molecule has 0 aliphatic rings. The minimum Gasteiger partial charge on any atom is -0.367 e. The Morgan fingerprint density at radius 3 is 2.60 bits per heavy atom. The fourth-order valence-corrected chi connectivity index (χ4v) is 1.77. The number of rotatable bonds is 5. The molecule has 104 valence electrons. The van der Waals surface area contributed by atoms with Crippen LogP contribution in [0.5, 0.6) is 0 Å².